The number of carbonyl (C=O) groups excluding carboxylic acids is 3. The summed E-state index contributed by atoms with van der Waals surface area (Å²) in [5.74, 6) is -0.315. The first-order chi connectivity index (χ1) is 13.3. The van der Waals surface area contributed by atoms with Crippen LogP contribution in [0.5, 0.6) is 0 Å². The molecule has 0 aliphatic heterocycles. The van der Waals surface area contributed by atoms with E-state index >= 15 is 0 Å². The maximum Gasteiger partial charge on any atom is 0.409 e. The molecule has 4 amide bonds. The number of urea groups is 1. The zero-order valence-corrected chi connectivity index (χ0v) is 16.4. The van der Waals surface area contributed by atoms with Gasteiger partial charge in [0.05, 0.1) is 6.04 Å². The highest BCUT2D eigenvalue weighted by Crippen LogP contribution is 2.12. The number of primary amides is 1. The summed E-state index contributed by atoms with van der Waals surface area (Å²) in [6.07, 6.45) is 0.565. The summed E-state index contributed by atoms with van der Waals surface area (Å²) in [5.41, 5.74) is 12.2. The van der Waals surface area contributed by atoms with Gasteiger partial charge >= 0.3 is 12.1 Å². The van der Waals surface area contributed by atoms with Crippen LogP contribution < -0.4 is 27.4 Å². The molecule has 7 N–H and O–H groups in total. The molecule has 0 saturated carbocycles. The number of rotatable bonds is 11. The van der Waals surface area contributed by atoms with Gasteiger partial charge in [0.15, 0.2) is 0 Å². The second kappa shape index (κ2) is 12.5. The number of anilines is 1. The van der Waals surface area contributed by atoms with Crippen LogP contribution in [0.3, 0.4) is 0 Å². The Hall–Kier alpha value is -2.85. The zero-order chi connectivity index (χ0) is 20.9. The Kier molecular flexibility index (Phi) is 10.4. The molecule has 10 heteroatoms. The molecule has 0 bridgehead atoms. The van der Waals surface area contributed by atoms with Crippen LogP contribution in [0.25, 0.3) is 0 Å². The number of hydrogen-bond donors (Lipinski definition) is 5. The third kappa shape index (κ3) is 9.19. The Bertz CT molecular complexity index is 637. The minimum Gasteiger partial charge on any atom is -0.445 e. The van der Waals surface area contributed by atoms with Gasteiger partial charge in [0.1, 0.15) is 6.61 Å². The highest BCUT2D eigenvalue weighted by Gasteiger charge is 2.13. The van der Waals surface area contributed by atoms with Crippen molar-refractivity contribution >= 4 is 23.7 Å². The molecule has 10 nitrogen and oxygen atoms in total. The van der Waals surface area contributed by atoms with Gasteiger partial charge in [0.25, 0.3) is 0 Å². The number of ether oxygens (including phenoxy) is 1. The zero-order valence-electron chi connectivity index (χ0n) is 16.4. The summed E-state index contributed by atoms with van der Waals surface area (Å²) in [4.78, 5) is 36.0. The van der Waals surface area contributed by atoms with Gasteiger partial charge in [-0.3, -0.25) is 4.79 Å². The van der Waals surface area contributed by atoms with E-state index in [-0.39, 0.29) is 12.5 Å². The van der Waals surface area contributed by atoms with Crippen LogP contribution in [0.15, 0.2) is 24.3 Å². The normalized spacial score (nSPS) is 11.4. The summed E-state index contributed by atoms with van der Waals surface area (Å²) in [7, 11) is 3.49. The monoisotopic (exact) mass is 394 g/mol. The van der Waals surface area contributed by atoms with E-state index in [0.29, 0.717) is 38.2 Å². The van der Waals surface area contributed by atoms with Crippen LogP contribution in [0.1, 0.15) is 18.4 Å². The van der Waals surface area contributed by atoms with Crippen LogP contribution in [0.4, 0.5) is 15.3 Å². The lowest BCUT2D eigenvalue weighted by Crippen LogP contribution is -2.37. The van der Waals surface area contributed by atoms with Crippen molar-refractivity contribution in [2.45, 2.75) is 25.5 Å². The van der Waals surface area contributed by atoms with E-state index < -0.39 is 18.2 Å². The lowest BCUT2D eigenvalue weighted by atomic mass is 10.1. The minimum absolute atomic E-state index is 0.142. The molecule has 1 aromatic carbocycles. The molecule has 0 fully saturated rings. The van der Waals surface area contributed by atoms with Crippen molar-refractivity contribution < 1.29 is 19.1 Å². The molecule has 1 atom stereocenters. The molecule has 0 aliphatic rings. The average Bonchev–Trinajstić information content (AvgIpc) is 2.68. The van der Waals surface area contributed by atoms with Gasteiger partial charge in [0.2, 0.25) is 5.91 Å². The van der Waals surface area contributed by atoms with E-state index in [1.54, 1.807) is 31.3 Å². The summed E-state index contributed by atoms with van der Waals surface area (Å²) in [5, 5.41) is 8.13. The second-order valence-electron chi connectivity index (χ2n) is 6.31. The van der Waals surface area contributed by atoms with E-state index in [1.165, 1.54) is 4.90 Å². The van der Waals surface area contributed by atoms with Crippen molar-refractivity contribution in [3.8, 4) is 0 Å². The highest BCUT2D eigenvalue weighted by molar-refractivity contribution is 5.94. The maximum atomic E-state index is 12.1. The van der Waals surface area contributed by atoms with E-state index in [0.717, 1.165) is 5.56 Å². The topological polar surface area (TPSA) is 152 Å². The smallest absolute Gasteiger partial charge is 0.409 e. The molecule has 0 aliphatic carbocycles. The molecule has 0 unspecified atom stereocenters. The first kappa shape index (κ1) is 23.2. The van der Waals surface area contributed by atoms with Gasteiger partial charge in [0, 0.05) is 32.4 Å². The fourth-order valence-electron chi connectivity index (χ4n) is 2.21. The molecule has 28 heavy (non-hydrogen) atoms. The van der Waals surface area contributed by atoms with Crippen LogP contribution >= 0.6 is 0 Å². The molecule has 1 rings (SSSR count). The standard InChI is InChI=1S/C18H30N6O4/c1-21-10-11-24(2)18(27)28-12-13-5-7-14(8-6-13)23-16(25)15(19)4-3-9-22-17(20)26/h5-8,15,21H,3-4,9-12,19H2,1-2H3,(H,23,25)(H3,20,22,26)/t15-/m0/s1. The first-order valence-electron chi connectivity index (χ1n) is 9.04. The largest absolute Gasteiger partial charge is 0.445 e. The summed E-state index contributed by atoms with van der Waals surface area (Å²) in [6.45, 7) is 1.75. The van der Waals surface area contributed by atoms with Crippen molar-refractivity contribution in [2.24, 2.45) is 11.5 Å². The number of amides is 4. The number of hydrogen-bond acceptors (Lipinski definition) is 6. The molecule has 0 aromatic heterocycles. The van der Waals surface area contributed by atoms with Gasteiger partial charge < -0.3 is 37.1 Å². The molecule has 0 radical (unpaired) electrons. The SMILES string of the molecule is CNCCN(C)C(=O)OCc1ccc(NC(=O)[C@@H](N)CCCNC(N)=O)cc1. The van der Waals surface area contributed by atoms with Crippen molar-refractivity contribution in [1.29, 1.82) is 0 Å². The predicted molar refractivity (Wildman–Crippen MR) is 107 cm³/mol. The predicted octanol–water partition coefficient (Wildman–Crippen LogP) is 0.189. The number of likely N-dealkylation sites (N-methyl/N-ethyl adjacent to an activating group) is 2. The first-order valence-corrected chi connectivity index (χ1v) is 9.04. The van der Waals surface area contributed by atoms with E-state index in [1.807, 2.05) is 7.05 Å². The number of nitrogens with zero attached hydrogens (tertiary/aromatic N) is 1. The van der Waals surface area contributed by atoms with Crippen molar-refractivity contribution in [3.05, 3.63) is 29.8 Å². The van der Waals surface area contributed by atoms with Gasteiger partial charge in [-0.25, -0.2) is 9.59 Å². The molecule has 1 aromatic rings. The van der Waals surface area contributed by atoms with E-state index in [2.05, 4.69) is 16.0 Å². The fraction of sp³-hybridized carbons (Fsp3) is 0.500. The molecule has 156 valence electrons. The lowest BCUT2D eigenvalue weighted by molar-refractivity contribution is -0.117. The second-order valence-corrected chi connectivity index (χ2v) is 6.31. The van der Waals surface area contributed by atoms with Gasteiger partial charge in [-0.15, -0.1) is 0 Å². The maximum absolute atomic E-state index is 12.1. The lowest BCUT2D eigenvalue weighted by Gasteiger charge is -2.16. The molecular formula is C18H30N6O4. The van der Waals surface area contributed by atoms with Gasteiger partial charge in [-0.2, -0.15) is 0 Å². The fourth-order valence-corrected chi connectivity index (χ4v) is 2.21. The highest BCUT2D eigenvalue weighted by atomic mass is 16.6. The summed E-state index contributed by atoms with van der Waals surface area (Å²) in [6, 6.07) is 5.66. The van der Waals surface area contributed by atoms with Crippen molar-refractivity contribution in [1.82, 2.24) is 15.5 Å². The Morgan fingerprint density at radius 3 is 2.46 bits per heavy atom. The summed E-state index contributed by atoms with van der Waals surface area (Å²) < 4.78 is 5.23. The Labute approximate surface area is 164 Å². The minimum atomic E-state index is -0.691. The Morgan fingerprint density at radius 2 is 1.86 bits per heavy atom. The van der Waals surface area contributed by atoms with Crippen LogP contribution in [-0.4, -0.2) is 62.7 Å². The summed E-state index contributed by atoms with van der Waals surface area (Å²) >= 11 is 0. The number of benzene rings is 1. The average molecular weight is 394 g/mol. The number of nitrogens with one attached hydrogen (secondary N) is 3. The van der Waals surface area contributed by atoms with Gasteiger partial charge in [-0.1, -0.05) is 12.1 Å². The molecule has 0 saturated heterocycles. The van der Waals surface area contributed by atoms with Crippen LogP contribution in [0.2, 0.25) is 0 Å². The van der Waals surface area contributed by atoms with Gasteiger partial charge in [-0.05, 0) is 37.6 Å². The van der Waals surface area contributed by atoms with E-state index in [4.69, 9.17) is 16.2 Å². The number of nitrogens with two attached hydrogens (primary N) is 2. The third-order valence-corrected chi connectivity index (χ3v) is 3.92. The quantitative estimate of drug-likeness (QED) is 0.338. The molecular weight excluding hydrogens is 364 g/mol. The van der Waals surface area contributed by atoms with Crippen LogP contribution in [0, 0.1) is 0 Å². The van der Waals surface area contributed by atoms with Crippen molar-refractivity contribution in [2.75, 3.05) is 39.0 Å². The Morgan fingerprint density at radius 1 is 1.18 bits per heavy atom. The molecule has 0 spiro atoms. The van der Waals surface area contributed by atoms with Crippen molar-refractivity contribution in [3.63, 3.8) is 0 Å². The third-order valence-electron chi connectivity index (χ3n) is 3.92. The number of carbonyl (C=O) groups is 3. The Balaban J connectivity index is 2.38. The van der Waals surface area contributed by atoms with Crippen LogP contribution in [-0.2, 0) is 16.1 Å². The van der Waals surface area contributed by atoms with E-state index in [9.17, 15) is 14.4 Å². The molecule has 0 heterocycles.